The molecule has 1 amide bonds. The molecule has 0 saturated carbocycles. The van der Waals surface area contributed by atoms with Crippen molar-refractivity contribution in [3.63, 3.8) is 0 Å². The Morgan fingerprint density at radius 1 is 1.11 bits per heavy atom. The summed E-state index contributed by atoms with van der Waals surface area (Å²) in [6.07, 6.45) is 8.52. The molecule has 3 aromatic rings. The zero-order valence-electron chi connectivity index (χ0n) is 27.6. The summed E-state index contributed by atoms with van der Waals surface area (Å²) < 4.78 is 6.92. The molecule has 2 fully saturated rings. The van der Waals surface area contributed by atoms with Crippen molar-refractivity contribution in [2.24, 2.45) is 5.92 Å². The first-order valence-corrected chi connectivity index (χ1v) is 18.7. The summed E-state index contributed by atoms with van der Waals surface area (Å²) in [5.41, 5.74) is 1.42. The number of carbonyl (C=O) groups excluding carboxylic acids is 1. The number of unbranched alkanes of at least 4 members (excludes halogenated alkanes) is 4. The Bertz CT molecular complexity index is 1480. The number of rotatable bonds is 15. The number of piperidine rings is 1. The van der Waals surface area contributed by atoms with Gasteiger partial charge < -0.3 is 35.1 Å². The number of fused-ring (bicyclic) bond motifs is 1. The number of benzene rings is 1. The second-order valence-corrected chi connectivity index (χ2v) is 15.4. The maximum absolute atomic E-state index is 13.2. The fourth-order valence-electron chi connectivity index (χ4n) is 6.66. The highest BCUT2D eigenvalue weighted by molar-refractivity contribution is 7.16. The van der Waals surface area contributed by atoms with Crippen molar-refractivity contribution in [1.82, 2.24) is 25.1 Å². The molecule has 4 N–H and O–H groups in total. The lowest BCUT2D eigenvalue weighted by molar-refractivity contribution is -0.127. The Balaban J connectivity index is 0.910. The highest BCUT2D eigenvalue weighted by Gasteiger charge is 2.41. The molecule has 0 radical (unpaired) electrons. The Hall–Kier alpha value is -2.35. The number of likely N-dealkylation sites (tertiary alicyclic amines) is 1. The number of aromatic amines is 1. The van der Waals surface area contributed by atoms with Gasteiger partial charge in [0.2, 0.25) is 0 Å². The smallest absolute Gasteiger partial charge is 0.305 e. The largest absolute Gasteiger partial charge is 0.506 e. The molecule has 1 aromatic carbocycles. The normalized spacial score (nSPS) is 18.5. The molecule has 4 heterocycles. The fourth-order valence-corrected chi connectivity index (χ4v) is 8.38. The molecule has 2 aliphatic rings. The van der Waals surface area contributed by atoms with Crippen LogP contribution >= 0.6 is 22.7 Å². The summed E-state index contributed by atoms with van der Waals surface area (Å²) in [7, 11) is 0. The zero-order chi connectivity index (χ0) is 32.7. The van der Waals surface area contributed by atoms with Gasteiger partial charge in [0.15, 0.2) is 0 Å². The molecule has 46 heavy (non-hydrogen) atoms. The highest BCUT2D eigenvalue weighted by atomic mass is 32.1. The number of amides is 1. The SMILES string of the molecule is CC(CCCCCCCN1CCC2(CC1)CN(C(=O)c1csc(C(C)C)n1)CCO2)CNC[C@H](O)c1ccc(O)c2[nH]c(=O)sc12. The first-order valence-electron chi connectivity index (χ1n) is 17.0. The van der Waals surface area contributed by atoms with E-state index in [0.29, 0.717) is 59.6 Å². The van der Waals surface area contributed by atoms with Crippen LogP contribution in [0.25, 0.3) is 10.2 Å². The third-order valence-electron chi connectivity index (χ3n) is 9.49. The minimum atomic E-state index is -0.742. The predicted octanol–water partition coefficient (Wildman–Crippen LogP) is 5.48. The number of nitrogens with zero attached hydrogens (tertiary/aromatic N) is 3. The highest BCUT2D eigenvalue weighted by Crippen LogP contribution is 2.32. The van der Waals surface area contributed by atoms with E-state index in [-0.39, 0.29) is 22.1 Å². The molecule has 12 heteroatoms. The standard InChI is InChI=1S/C34H51N5O5S2/c1-23(2)31-36-26(21-45-31)32(42)39-17-18-44-34(22-39)12-15-38(16-13-34)14-8-6-4-5-7-9-24(3)19-35-20-28(41)25-10-11-27(40)29-30(25)46-33(43)37-29/h10-11,21,23-24,28,35,40-41H,4-9,12-20,22H2,1-3H3,(H,37,43)/t24?,28-/m0/s1. The Kier molecular flexibility index (Phi) is 12.3. The third kappa shape index (κ3) is 8.96. The van der Waals surface area contributed by atoms with Crippen LogP contribution in [0.4, 0.5) is 0 Å². The number of phenols is 1. The summed E-state index contributed by atoms with van der Waals surface area (Å²) in [4.78, 5) is 36.4. The number of hydrogen-bond donors (Lipinski definition) is 4. The van der Waals surface area contributed by atoms with Gasteiger partial charge >= 0.3 is 4.87 Å². The number of phenolic OH excluding ortho intramolecular Hbond substituents is 1. The number of carbonyl (C=O) groups is 1. The van der Waals surface area contributed by atoms with Gasteiger partial charge in [-0.25, -0.2) is 4.98 Å². The van der Waals surface area contributed by atoms with Crippen LogP contribution in [0.3, 0.4) is 0 Å². The molecule has 5 rings (SSSR count). The topological polar surface area (TPSA) is 131 Å². The molecule has 2 atom stereocenters. The van der Waals surface area contributed by atoms with E-state index in [4.69, 9.17) is 4.74 Å². The lowest BCUT2D eigenvalue weighted by Crippen LogP contribution is -2.58. The van der Waals surface area contributed by atoms with E-state index in [9.17, 15) is 19.8 Å². The minimum Gasteiger partial charge on any atom is -0.506 e. The van der Waals surface area contributed by atoms with Crippen molar-refractivity contribution >= 4 is 38.8 Å². The van der Waals surface area contributed by atoms with E-state index in [1.807, 2.05) is 10.3 Å². The molecule has 1 spiro atoms. The van der Waals surface area contributed by atoms with E-state index in [2.05, 4.69) is 41.0 Å². The summed E-state index contributed by atoms with van der Waals surface area (Å²) in [6.45, 7) is 12.8. The van der Waals surface area contributed by atoms with Gasteiger partial charge in [-0.05, 0) is 50.8 Å². The van der Waals surface area contributed by atoms with Gasteiger partial charge in [-0.1, -0.05) is 63.9 Å². The van der Waals surface area contributed by atoms with Crippen molar-refractivity contribution in [1.29, 1.82) is 0 Å². The number of aliphatic hydroxyl groups is 1. The molecule has 0 bridgehead atoms. The van der Waals surface area contributed by atoms with Crippen LogP contribution in [0.5, 0.6) is 5.75 Å². The molecule has 2 saturated heterocycles. The van der Waals surface area contributed by atoms with Crippen LogP contribution < -0.4 is 10.2 Å². The molecular weight excluding hydrogens is 623 g/mol. The summed E-state index contributed by atoms with van der Waals surface area (Å²) >= 11 is 2.59. The average molecular weight is 674 g/mol. The summed E-state index contributed by atoms with van der Waals surface area (Å²) in [5, 5.41) is 27.0. The Labute approximate surface area is 280 Å². The van der Waals surface area contributed by atoms with E-state index in [1.165, 1.54) is 38.2 Å². The van der Waals surface area contributed by atoms with Crippen molar-refractivity contribution in [2.45, 2.75) is 89.8 Å². The lowest BCUT2D eigenvalue weighted by Gasteiger charge is -2.47. The second-order valence-electron chi connectivity index (χ2n) is 13.6. The molecule has 254 valence electrons. The van der Waals surface area contributed by atoms with Crippen LogP contribution in [0.2, 0.25) is 0 Å². The number of aromatic hydroxyl groups is 1. The van der Waals surface area contributed by atoms with Gasteiger partial charge in [-0.15, -0.1) is 11.3 Å². The van der Waals surface area contributed by atoms with Crippen LogP contribution in [-0.2, 0) is 4.74 Å². The van der Waals surface area contributed by atoms with E-state index < -0.39 is 6.10 Å². The van der Waals surface area contributed by atoms with Gasteiger partial charge in [-0.2, -0.15) is 0 Å². The van der Waals surface area contributed by atoms with Gasteiger partial charge in [-0.3, -0.25) is 9.59 Å². The zero-order valence-corrected chi connectivity index (χ0v) is 29.2. The molecule has 2 aliphatic heterocycles. The van der Waals surface area contributed by atoms with E-state index in [1.54, 1.807) is 17.4 Å². The first-order chi connectivity index (χ1) is 22.1. The number of aliphatic hydroxyl groups excluding tert-OH is 1. The van der Waals surface area contributed by atoms with Crippen molar-refractivity contribution in [2.75, 3.05) is 52.4 Å². The fraction of sp³-hybridized carbons (Fsp3) is 0.676. The third-order valence-corrected chi connectivity index (χ3v) is 11.6. The van der Waals surface area contributed by atoms with E-state index in [0.717, 1.165) is 61.8 Å². The monoisotopic (exact) mass is 673 g/mol. The maximum atomic E-state index is 13.2. The summed E-state index contributed by atoms with van der Waals surface area (Å²) in [6, 6.07) is 3.21. The number of ether oxygens (including phenoxy) is 1. The predicted molar refractivity (Wildman–Crippen MR) is 185 cm³/mol. The van der Waals surface area contributed by atoms with Gasteiger partial charge in [0, 0.05) is 43.0 Å². The van der Waals surface area contributed by atoms with Crippen LogP contribution in [0, 0.1) is 5.92 Å². The van der Waals surface area contributed by atoms with Gasteiger partial charge in [0.1, 0.15) is 17.0 Å². The minimum absolute atomic E-state index is 0.0235. The van der Waals surface area contributed by atoms with E-state index >= 15 is 0 Å². The van der Waals surface area contributed by atoms with Crippen molar-refractivity contribution in [3.8, 4) is 5.75 Å². The summed E-state index contributed by atoms with van der Waals surface area (Å²) in [5.74, 6) is 0.922. The quantitative estimate of drug-likeness (QED) is 0.156. The number of aromatic nitrogens is 2. The van der Waals surface area contributed by atoms with Gasteiger partial charge in [0.25, 0.3) is 5.91 Å². The van der Waals surface area contributed by atoms with Crippen molar-refractivity contribution in [3.05, 3.63) is 43.4 Å². The molecule has 0 aliphatic carbocycles. The van der Waals surface area contributed by atoms with Crippen molar-refractivity contribution < 1.29 is 19.7 Å². The maximum Gasteiger partial charge on any atom is 0.305 e. The molecule has 1 unspecified atom stereocenters. The molecule has 10 nitrogen and oxygen atoms in total. The Morgan fingerprint density at radius 3 is 2.63 bits per heavy atom. The van der Waals surface area contributed by atoms with Crippen LogP contribution in [0.15, 0.2) is 22.3 Å². The first kappa shape index (κ1) is 35.0. The second kappa shape index (κ2) is 16.2. The van der Waals surface area contributed by atoms with Crippen LogP contribution in [0.1, 0.15) is 105 Å². The lowest BCUT2D eigenvalue weighted by atomic mass is 9.89. The Morgan fingerprint density at radius 2 is 1.87 bits per heavy atom. The van der Waals surface area contributed by atoms with Crippen LogP contribution in [-0.4, -0.2) is 93.9 Å². The number of thiazole rings is 2. The number of hydrogen-bond acceptors (Lipinski definition) is 10. The number of H-pyrrole nitrogens is 1. The molecule has 2 aromatic heterocycles. The average Bonchev–Trinajstić information content (AvgIpc) is 3.69. The molecular formula is C34H51N5O5S2. The number of nitrogens with one attached hydrogen (secondary N) is 2. The van der Waals surface area contributed by atoms with Gasteiger partial charge in [0.05, 0.1) is 34.6 Å². The number of morpholine rings is 1.